The highest BCUT2D eigenvalue weighted by Gasteiger charge is 2.24. The Labute approximate surface area is 171 Å². The Hall–Kier alpha value is -3.19. The predicted octanol–water partition coefficient (Wildman–Crippen LogP) is 0.349. The number of benzene rings is 2. The first-order valence-corrected chi connectivity index (χ1v) is 9.46. The average molecular weight is 398 g/mol. The van der Waals surface area contributed by atoms with E-state index in [0.29, 0.717) is 17.0 Å². The molecule has 29 heavy (non-hydrogen) atoms. The number of esters is 1. The van der Waals surface area contributed by atoms with Gasteiger partial charge in [-0.3, -0.25) is 9.59 Å². The van der Waals surface area contributed by atoms with Crippen LogP contribution in [-0.4, -0.2) is 51.1 Å². The fourth-order valence-electron chi connectivity index (χ4n) is 2.88. The lowest BCUT2D eigenvalue weighted by molar-refractivity contribution is -0.862. The minimum Gasteiger partial charge on any atom is -0.467 e. The van der Waals surface area contributed by atoms with Gasteiger partial charge < -0.3 is 20.3 Å². The highest BCUT2D eigenvalue weighted by atomic mass is 16.5. The highest BCUT2D eigenvalue weighted by Crippen LogP contribution is 2.08. The van der Waals surface area contributed by atoms with Crippen molar-refractivity contribution in [1.82, 2.24) is 5.32 Å². The maximum atomic E-state index is 12.4. The Bertz CT molecular complexity index is 822. The molecule has 0 aliphatic heterocycles. The maximum Gasteiger partial charge on any atom is 0.328 e. The summed E-state index contributed by atoms with van der Waals surface area (Å²) in [5, 5.41) is 5.52. The molecule has 0 saturated carbocycles. The number of aryl methyl sites for hydroxylation is 1. The van der Waals surface area contributed by atoms with Crippen molar-refractivity contribution < 1.29 is 24.0 Å². The van der Waals surface area contributed by atoms with Gasteiger partial charge in [-0.1, -0.05) is 48.0 Å². The molecule has 0 fully saturated rings. The lowest BCUT2D eigenvalue weighted by Crippen LogP contribution is -3.11. The Morgan fingerprint density at radius 2 is 1.59 bits per heavy atom. The minimum atomic E-state index is -0.774. The summed E-state index contributed by atoms with van der Waals surface area (Å²) >= 11 is 0. The molecule has 7 nitrogen and oxygen atoms in total. The SMILES string of the molecule is COC(=O)[C@@H](Cc1ccccc1)NC(=O)C[NH+](C)CC(=O)Nc1ccc(C)cc1. The summed E-state index contributed by atoms with van der Waals surface area (Å²) in [6, 6.07) is 16.1. The first-order chi connectivity index (χ1) is 13.9. The van der Waals surface area contributed by atoms with Crippen LogP contribution in [0.2, 0.25) is 0 Å². The normalized spacial score (nSPS) is 12.5. The van der Waals surface area contributed by atoms with Crippen molar-refractivity contribution in [3.63, 3.8) is 0 Å². The van der Waals surface area contributed by atoms with Crippen molar-refractivity contribution >= 4 is 23.5 Å². The molecule has 0 aromatic heterocycles. The quantitative estimate of drug-likeness (QED) is 0.532. The van der Waals surface area contributed by atoms with Gasteiger partial charge in [0.2, 0.25) is 0 Å². The van der Waals surface area contributed by atoms with Crippen LogP contribution in [-0.2, 0) is 25.5 Å². The van der Waals surface area contributed by atoms with Crippen molar-refractivity contribution in [2.45, 2.75) is 19.4 Å². The lowest BCUT2D eigenvalue weighted by atomic mass is 10.1. The maximum absolute atomic E-state index is 12.4. The van der Waals surface area contributed by atoms with Crippen molar-refractivity contribution in [3.05, 3.63) is 65.7 Å². The van der Waals surface area contributed by atoms with Gasteiger partial charge in [0.25, 0.3) is 11.8 Å². The van der Waals surface area contributed by atoms with Crippen LogP contribution in [0.3, 0.4) is 0 Å². The lowest BCUT2D eigenvalue weighted by Gasteiger charge is -2.18. The van der Waals surface area contributed by atoms with Crippen molar-refractivity contribution in [1.29, 1.82) is 0 Å². The molecule has 154 valence electrons. The van der Waals surface area contributed by atoms with Gasteiger partial charge >= 0.3 is 5.97 Å². The van der Waals surface area contributed by atoms with Crippen LogP contribution in [0.25, 0.3) is 0 Å². The monoisotopic (exact) mass is 398 g/mol. The minimum absolute atomic E-state index is 0.0591. The Kier molecular flexibility index (Phi) is 8.36. The van der Waals surface area contributed by atoms with Crippen LogP contribution in [0.5, 0.6) is 0 Å². The van der Waals surface area contributed by atoms with Crippen LogP contribution >= 0.6 is 0 Å². The van der Waals surface area contributed by atoms with E-state index < -0.39 is 12.0 Å². The second kappa shape index (κ2) is 11.0. The molecule has 2 atom stereocenters. The van der Waals surface area contributed by atoms with Crippen molar-refractivity contribution in [2.24, 2.45) is 0 Å². The van der Waals surface area contributed by atoms with E-state index >= 15 is 0 Å². The van der Waals surface area contributed by atoms with E-state index in [-0.39, 0.29) is 24.9 Å². The van der Waals surface area contributed by atoms with E-state index in [1.165, 1.54) is 7.11 Å². The van der Waals surface area contributed by atoms with Gasteiger partial charge in [-0.15, -0.1) is 0 Å². The first-order valence-electron chi connectivity index (χ1n) is 9.46. The van der Waals surface area contributed by atoms with Gasteiger partial charge in [-0.05, 0) is 24.6 Å². The van der Waals surface area contributed by atoms with E-state index in [2.05, 4.69) is 10.6 Å². The Balaban J connectivity index is 1.85. The van der Waals surface area contributed by atoms with Gasteiger partial charge in [0.15, 0.2) is 13.1 Å². The zero-order chi connectivity index (χ0) is 21.2. The summed E-state index contributed by atoms with van der Waals surface area (Å²) in [5.41, 5.74) is 2.74. The number of nitrogens with one attached hydrogen (secondary N) is 3. The molecule has 0 heterocycles. The topological polar surface area (TPSA) is 88.9 Å². The van der Waals surface area contributed by atoms with Gasteiger partial charge in [0.1, 0.15) is 6.04 Å². The molecule has 3 N–H and O–H groups in total. The second-order valence-corrected chi connectivity index (χ2v) is 7.06. The van der Waals surface area contributed by atoms with Crippen LogP contribution in [0.15, 0.2) is 54.6 Å². The summed E-state index contributed by atoms with van der Waals surface area (Å²) in [4.78, 5) is 37.3. The van der Waals surface area contributed by atoms with Gasteiger partial charge in [-0.25, -0.2) is 4.79 Å². The third-order valence-corrected chi connectivity index (χ3v) is 4.36. The van der Waals surface area contributed by atoms with E-state index in [4.69, 9.17) is 4.74 Å². The molecular formula is C22H28N3O4+. The number of carbonyl (C=O) groups excluding carboxylic acids is 3. The van der Waals surface area contributed by atoms with Crippen molar-refractivity contribution in [3.8, 4) is 0 Å². The molecule has 1 unspecified atom stereocenters. The molecule has 0 aliphatic carbocycles. The number of anilines is 1. The zero-order valence-electron chi connectivity index (χ0n) is 17.0. The Morgan fingerprint density at radius 1 is 0.966 bits per heavy atom. The number of amides is 2. The molecule has 2 aromatic rings. The number of rotatable bonds is 9. The third kappa shape index (κ3) is 7.75. The third-order valence-electron chi connectivity index (χ3n) is 4.36. The predicted molar refractivity (Wildman–Crippen MR) is 111 cm³/mol. The summed E-state index contributed by atoms with van der Waals surface area (Å²) in [6.07, 6.45) is 0.339. The highest BCUT2D eigenvalue weighted by molar-refractivity contribution is 5.91. The molecule has 0 radical (unpaired) electrons. The van der Waals surface area contributed by atoms with Crippen LogP contribution in [0, 0.1) is 6.92 Å². The van der Waals surface area contributed by atoms with E-state index in [1.807, 2.05) is 61.5 Å². The second-order valence-electron chi connectivity index (χ2n) is 7.06. The molecule has 0 aliphatic rings. The smallest absolute Gasteiger partial charge is 0.328 e. The van der Waals surface area contributed by atoms with Crippen LogP contribution in [0.4, 0.5) is 5.69 Å². The van der Waals surface area contributed by atoms with Gasteiger partial charge in [0, 0.05) is 12.1 Å². The summed E-state index contributed by atoms with van der Waals surface area (Å²) in [6.45, 7) is 2.16. The number of likely N-dealkylation sites (N-methyl/N-ethyl adjacent to an activating group) is 1. The average Bonchev–Trinajstić information content (AvgIpc) is 2.69. The summed E-state index contributed by atoms with van der Waals surface area (Å²) in [7, 11) is 3.04. The molecule has 0 spiro atoms. The molecular weight excluding hydrogens is 370 g/mol. The van der Waals surface area contributed by atoms with Gasteiger partial charge in [0.05, 0.1) is 14.2 Å². The largest absolute Gasteiger partial charge is 0.467 e. The molecule has 7 heteroatoms. The molecule has 0 bridgehead atoms. The summed E-state index contributed by atoms with van der Waals surface area (Å²) in [5.74, 6) is -1.01. The van der Waals surface area contributed by atoms with E-state index in [0.717, 1.165) is 11.1 Å². The summed E-state index contributed by atoms with van der Waals surface area (Å²) < 4.78 is 4.81. The fourth-order valence-corrected chi connectivity index (χ4v) is 2.88. The van der Waals surface area contributed by atoms with E-state index in [9.17, 15) is 14.4 Å². The first kappa shape index (κ1) is 22.1. The molecule has 2 amide bonds. The zero-order valence-corrected chi connectivity index (χ0v) is 17.0. The Morgan fingerprint density at radius 3 is 2.21 bits per heavy atom. The number of ether oxygens (including phenoxy) is 1. The molecule has 2 aromatic carbocycles. The van der Waals surface area contributed by atoms with E-state index in [1.54, 1.807) is 7.05 Å². The number of quaternary nitrogens is 1. The molecule has 2 rings (SSSR count). The van der Waals surface area contributed by atoms with Gasteiger partial charge in [-0.2, -0.15) is 0 Å². The fraction of sp³-hybridized carbons (Fsp3) is 0.318. The van der Waals surface area contributed by atoms with Crippen LogP contribution < -0.4 is 15.5 Å². The number of carbonyl (C=O) groups is 3. The van der Waals surface area contributed by atoms with Crippen molar-refractivity contribution in [2.75, 3.05) is 32.6 Å². The number of hydrogen-bond acceptors (Lipinski definition) is 4. The van der Waals surface area contributed by atoms with Crippen LogP contribution in [0.1, 0.15) is 11.1 Å². The number of hydrogen-bond donors (Lipinski definition) is 3. The number of methoxy groups -OCH3 is 1. The standard InChI is InChI=1S/C22H27N3O4/c1-16-9-11-18(12-10-16)23-20(26)14-25(2)15-21(27)24-19(22(28)29-3)13-17-7-5-4-6-8-17/h4-12,19H,13-15H2,1-3H3,(H,23,26)(H,24,27)/p+1/t19-/m1/s1. The molecule has 0 saturated heterocycles.